The zero-order valence-corrected chi connectivity index (χ0v) is 16.8. The third-order valence-corrected chi connectivity index (χ3v) is 5.99. The molecule has 0 unspecified atom stereocenters. The number of benzene rings is 2. The van der Waals surface area contributed by atoms with Gasteiger partial charge in [0.15, 0.2) is 11.6 Å². The average molecular weight is 408 g/mol. The number of anilines is 2. The molecule has 0 saturated carbocycles. The molecule has 0 amide bonds. The molecule has 0 aliphatic heterocycles. The van der Waals surface area contributed by atoms with Gasteiger partial charge in [-0.25, -0.2) is 18.4 Å². The number of para-hydroxylation sites is 2. The van der Waals surface area contributed by atoms with Crippen LogP contribution in [0.15, 0.2) is 65.7 Å². The lowest BCUT2D eigenvalue weighted by molar-refractivity contribution is 0.601. The highest BCUT2D eigenvalue weighted by Gasteiger charge is 2.18. The smallest absolute Gasteiger partial charge is 0.263 e. The Morgan fingerprint density at radius 3 is 2.17 bits per heavy atom. The summed E-state index contributed by atoms with van der Waals surface area (Å²) >= 11 is 0. The van der Waals surface area contributed by atoms with Crippen LogP contribution in [0.5, 0.6) is 0 Å². The van der Waals surface area contributed by atoms with Crippen LogP contribution in [0, 0.1) is 6.92 Å². The highest BCUT2D eigenvalue weighted by Crippen LogP contribution is 2.25. The van der Waals surface area contributed by atoms with Crippen molar-refractivity contribution in [2.75, 3.05) is 10.0 Å². The Morgan fingerprint density at radius 1 is 0.931 bits per heavy atom. The largest absolute Gasteiger partial charge is 0.363 e. The molecule has 0 saturated heterocycles. The Labute approximate surface area is 168 Å². The molecule has 148 valence electrons. The van der Waals surface area contributed by atoms with Crippen LogP contribution in [0.25, 0.3) is 11.0 Å². The number of hydrogen-bond donors (Lipinski definition) is 2. The molecule has 2 heterocycles. The number of fused-ring (bicyclic) bond motifs is 1. The van der Waals surface area contributed by atoms with Gasteiger partial charge >= 0.3 is 0 Å². The van der Waals surface area contributed by atoms with Gasteiger partial charge in [-0.05, 0) is 31.2 Å². The van der Waals surface area contributed by atoms with Gasteiger partial charge in [0, 0.05) is 24.8 Å². The van der Waals surface area contributed by atoms with Crippen LogP contribution in [-0.2, 0) is 23.6 Å². The minimum Gasteiger partial charge on any atom is -0.363 e. The summed E-state index contributed by atoms with van der Waals surface area (Å²) in [7, 11) is -1.93. The van der Waals surface area contributed by atoms with Gasteiger partial charge in [0.05, 0.1) is 22.1 Å². The molecule has 8 nitrogen and oxygen atoms in total. The molecule has 2 N–H and O–H groups in total. The predicted molar refractivity (Wildman–Crippen MR) is 112 cm³/mol. The van der Waals surface area contributed by atoms with Crippen molar-refractivity contribution in [1.82, 2.24) is 19.7 Å². The van der Waals surface area contributed by atoms with Crippen LogP contribution in [0.1, 0.15) is 11.3 Å². The highest BCUT2D eigenvalue weighted by atomic mass is 32.2. The maximum absolute atomic E-state index is 12.8. The van der Waals surface area contributed by atoms with E-state index >= 15 is 0 Å². The van der Waals surface area contributed by atoms with E-state index in [9.17, 15) is 8.42 Å². The van der Waals surface area contributed by atoms with Crippen molar-refractivity contribution in [1.29, 1.82) is 0 Å². The molecule has 4 rings (SSSR count). The first-order valence-corrected chi connectivity index (χ1v) is 10.5. The Kier molecular flexibility index (Phi) is 4.89. The zero-order valence-electron chi connectivity index (χ0n) is 16.0. The number of rotatable bonds is 6. The lowest BCUT2D eigenvalue weighted by Crippen LogP contribution is -2.16. The summed E-state index contributed by atoms with van der Waals surface area (Å²) in [5, 5.41) is 7.43. The molecular weight excluding hydrogens is 388 g/mol. The van der Waals surface area contributed by atoms with Crippen molar-refractivity contribution in [3.8, 4) is 0 Å². The lowest BCUT2D eigenvalue weighted by atomic mass is 10.2. The second-order valence-corrected chi connectivity index (χ2v) is 8.24. The standard InChI is InChI=1S/C20H20N6O2S/c1-14-15(13-22-26(14)2)12-21-19-20(24-18-11-7-6-10-17(18)23-19)25-29(27,28)16-8-4-3-5-9-16/h3-11,13H,12H2,1-2H3,(H,21,23)(H,24,25). The van der Waals surface area contributed by atoms with E-state index in [4.69, 9.17) is 0 Å². The number of sulfonamides is 1. The number of hydrogen-bond acceptors (Lipinski definition) is 6. The Morgan fingerprint density at radius 2 is 1.55 bits per heavy atom. The summed E-state index contributed by atoms with van der Waals surface area (Å²) in [6.07, 6.45) is 1.77. The third-order valence-electron chi connectivity index (χ3n) is 4.64. The summed E-state index contributed by atoms with van der Waals surface area (Å²) in [4.78, 5) is 9.22. The van der Waals surface area contributed by atoms with Gasteiger partial charge in [0.1, 0.15) is 0 Å². The number of nitrogens with zero attached hydrogens (tertiary/aromatic N) is 4. The third kappa shape index (κ3) is 3.90. The molecule has 0 aliphatic rings. The van der Waals surface area contributed by atoms with Crippen molar-refractivity contribution in [2.24, 2.45) is 7.05 Å². The molecule has 2 aromatic carbocycles. The first-order chi connectivity index (χ1) is 13.9. The van der Waals surface area contributed by atoms with E-state index in [0.29, 0.717) is 23.4 Å². The molecule has 29 heavy (non-hydrogen) atoms. The monoisotopic (exact) mass is 408 g/mol. The van der Waals surface area contributed by atoms with E-state index < -0.39 is 10.0 Å². The zero-order chi connectivity index (χ0) is 20.4. The van der Waals surface area contributed by atoms with E-state index in [1.807, 2.05) is 32.2 Å². The van der Waals surface area contributed by atoms with Gasteiger partial charge in [-0.1, -0.05) is 30.3 Å². The minimum atomic E-state index is -3.80. The van der Waals surface area contributed by atoms with Crippen molar-refractivity contribution in [2.45, 2.75) is 18.4 Å². The Hall–Kier alpha value is -3.46. The normalized spacial score (nSPS) is 11.5. The molecule has 0 radical (unpaired) electrons. The number of nitrogens with one attached hydrogen (secondary N) is 2. The number of aryl methyl sites for hydroxylation is 1. The van der Waals surface area contributed by atoms with E-state index in [1.165, 1.54) is 12.1 Å². The SMILES string of the molecule is Cc1c(CNc2nc3ccccc3nc2NS(=O)(=O)c2ccccc2)cnn1C. The van der Waals surface area contributed by atoms with Gasteiger partial charge < -0.3 is 5.32 Å². The van der Waals surface area contributed by atoms with Gasteiger partial charge in [-0.15, -0.1) is 0 Å². The van der Waals surface area contributed by atoms with E-state index in [0.717, 1.165) is 11.3 Å². The first-order valence-electron chi connectivity index (χ1n) is 9.00. The fourth-order valence-corrected chi connectivity index (χ4v) is 3.91. The molecule has 2 aromatic heterocycles. The molecule has 0 fully saturated rings. The number of aromatic nitrogens is 4. The maximum atomic E-state index is 12.8. The maximum Gasteiger partial charge on any atom is 0.263 e. The Balaban J connectivity index is 1.71. The fourth-order valence-electron chi connectivity index (χ4n) is 2.88. The fraction of sp³-hybridized carbons (Fsp3) is 0.150. The van der Waals surface area contributed by atoms with Crippen LogP contribution in [0.2, 0.25) is 0 Å². The molecule has 9 heteroatoms. The average Bonchev–Trinajstić information content (AvgIpc) is 3.04. The summed E-state index contributed by atoms with van der Waals surface area (Å²) in [5.74, 6) is 0.501. The van der Waals surface area contributed by atoms with Crippen molar-refractivity contribution >= 4 is 32.7 Å². The summed E-state index contributed by atoms with van der Waals surface area (Å²) in [6, 6.07) is 15.5. The molecule has 4 aromatic rings. The van der Waals surface area contributed by atoms with Crippen molar-refractivity contribution < 1.29 is 8.42 Å². The molecule has 0 bridgehead atoms. The van der Waals surface area contributed by atoms with Gasteiger partial charge in [-0.3, -0.25) is 9.40 Å². The predicted octanol–water partition coefficient (Wildman–Crippen LogP) is 3.08. The van der Waals surface area contributed by atoms with Crippen LogP contribution in [0.3, 0.4) is 0 Å². The van der Waals surface area contributed by atoms with E-state index in [1.54, 1.807) is 35.1 Å². The van der Waals surface area contributed by atoms with Crippen LogP contribution < -0.4 is 10.0 Å². The van der Waals surface area contributed by atoms with Crippen molar-refractivity contribution in [3.63, 3.8) is 0 Å². The second-order valence-electron chi connectivity index (χ2n) is 6.56. The van der Waals surface area contributed by atoms with E-state index in [-0.39, 0.29) is 10.7 Å². The Bertz CT molecular complexity index is 1270. The quantitative estimate of drug-likeness (QED) is 0.508. The molecule has 0 spiro atoms. The van der Waals surface area contributed by atoms with Crippen LogP contribution in [0.4, 0.5) is 11.6 Å². The second kappa shape index (κ2) is 7.51. The first kappa shape index (κ1) is 18.9. The summed E-state index contributed by atoms with van der Waals surface area (Å²) < 4.78 is 29.9. The summed E-state index contributed by atoms with van der Waals surface area (Å²) in [6.45, 7) is 2.40. The van der Waals surface area contributed by atoms with Gasteiger partial charge in [0.2, 0.25) is 0 Å². The lowest BCUT2D eigenvalue weighted by Gasteiger charge is -2.14. The summed E-state index contributed by atoms with van der Waals surface area (Å²) in [5.41, 5.74) is 3.26. The minimum absolute atomic E-state index is 0.147. The van der Waals surface area contributed by atoms with Gasteiger partial charge in [0.25, 0.3) is 10.0 Å². The van der Waals surface area contributed by atoms with Crippen LogP contribution in [-0.4, -0.2) is 28.2 Å². The molecule has 0 atom stereocenters. The van der Waals surface area contributed by atoms with Crippen LogP contribution >= 0.6 is 0 Å². The van der Waals surface area contributed by atoms with Crippen molar-refractivity contribution in [3.05, 3.63) is 72.1 Å². The molecule has 0 aliphatic carbocycles. The van der Waals surface area contributed by atoms with E-state index in [2.05, 4.69) is 25.1 Å². The topological polar surface area (TPSA) is 102 Å². The van der Waals surface area contributed by atoms with Gasteiger partial charge in [-0.2, -0.15) is 5.10 Å². The molecular formula is C20H20N6O2S. The highest BCUT2D eigenvalue weighted by molar-refractivity contribution is 7.92.